The summed E-state index contributed by atoms with van der Waals surface area (Å²) in [7, 11) is 2.80. The van der Waals surface area contributed by atoms with Crippen molar-refractivity contribution in [2.75, 3.05) is 7.05 Å². The lowest BCUT2D eigenvalue weighted by Crippen LogP contribution is -2.34. The number of nitrogens with zero attached hydrogens (tertiary/aromatic N) is 1. The molecular weight excluding hydrogens is 393 g/mol. The van der Waals surface area contributed by atoms with Gasteiger partial charge in [-0.2, -0.15) is 0 Å². The third kappa shape index (κ3) is 4.73. The van der Waals surface area contributed by atoms with Gasteiger partial charge in [-0.1, -0.05) is 32.0 Å². The number of aromatic nitrogens is 1. The number of carbonyl (C=O) groups excluding carboxylic acids is 3. The summed E-state index contributed by atoms with van der Waals surface area (Å²) in [6.45, 7) is 4.59. The van der Waals surface area contributed by atoms with Gasteiger partial charge < -0.3 is 19.9 Å². The average molecular weight is 419 g/mol. The monoisotopic (exact) mass is 419 g/mol. The highest BCUT2D eigenvalue weighted by atomic mass is 19.1. The van der Waals surface area contributed by atoms with Crippen LogP contribution >= 0.6 is 0 Å². The molecule has 8 nitrogen and oxygen atoms in total. The molecule has 9 heteroatoms. The molecule has 30 heavy (non-hydrogen) atoms. The van der Waals surface area contributed by atoms with Crippen molar-refractivity contribution in [1.82, 2.24) is 15.2 Å². The van der Waals surface area contributed by atoms with Crippen molar-refractivity contribution in [1.29, 1.82) is 0 Å². The topological polar surface area (TPSA) is 106 Å². The summed E-state index contributed by atoms with van der Waals surface area (Å²) < 4.78 is 20.5. The number of ether oxygens (including phenoxy) is 1. The lowest BCUT2D eigenvalue weighted by atomic mass is 10.1. The van der Waals surface area contributed by atoms with Gasteiger partial charge in [-0.15, -0.1) is 0 Å². The van der Waals surface area contributed by atoms with Crippen LogP contribution in [0.5, 0.6) is 5.75 Å². The maximum atomic E-state index is 14.1. The summed E-state index contributed by atoms with van der Waals surface area (Å²) in [6, 6.07) is 4.77. The van der Waals surface area contributed by atoms with Crippen LogP contribution in [0.25, 0.3) is 0 Å². The maximum absolute atomic E-state index is 14.1. The van der Waals surface area contributed by atoms with Gasteiger partial charge in [0.1, 0.15) is 11.4 Å². The van der Waals surface area contributed by atoms with E-state index >= 15 is 0 Å². The van der Waals surface area contributed by atoms with E-state index < -0.39 is 40.7 Å². The molecule has 0 fully saturated rings. The fourth-order valence-electron chi connectivity index (χ4n) is 2.68. The Bertz CT molecular complexity index is 1070. The van der Waals surface area contributed by atoms with Crippen LogP contribution in [0.3, 0.4) is 0 Å². The molecular formula is C21H26FN3O5. The molecule has 0 aliphatic rings. The molecule has 0 bridgehead atoms. The first kappa shape index (κ1) is 22.8. The third-order valence-electron chi connectivity index (χ3n) is 4.41. The minimum absolute atomic E-state index is 0. The van der Waals surface area contributed by atoms with Crippen molar-refractivity contribution in [3.05, 3.63) is 62.8 Å². The lowest BCUT2D eigenvalue weighted by Gasteiger charge is -2.16. The SMILES string of the molecule is CNC(=O)c1c(OC(=O)C(C)C)c(=O)c(C(=O)NCc2cccc(C)c2F)cn1C.[HH]. The highest BCUT2D eigenvalue weighted by molar-refractivity contribution is 5.99. The molecule has 0 saturated carbocycles. The van der Waals surface area contributed by atoms with Gasteiger partial charge in [0.15, 0.2) is 5.69 Å². The summed E-state index contributed by atoms with van der Waals surface area (Å²) in [4.78, 5) is 49.8. The van der Waals surface area contributed by atoms with E-state index in [-0.39, 0.29) is 24.8 Å². The van der Waals surface area contributed by atoms with Gasteiger partial charge in [0.05, 0.1) is 5.92 Å². The van der Waals surface area contributed by atoms with Gasteiger partial charge in [0.2, 0.25) is 11.2 Å². The van der Waals surface area contributed by atoms with Crippen LogP contribution in [-0.2, 0) is 18.4 Å². The molecule has 0 spiro atoms. The fraction of sp³-hybridized carbons (Fsp3) is 0.333. The maximum Gasteiger partial charge on any atom is 0.313 e. The van der Waals surface area contributed by atoms with Crippen LogP contribution in [-0.4, -0.2) is 29.4 Å². The van der Waals surface area contributed by atoms with Crippen LogP contribution in [0.1, 0.15) is 47.2 Å². The van der Waals surface area contributed by atoms with Crippen molar-refractivity contribution >= 4 is 17.8 Å². The molecule has 1 heterocycles. The Kier molecular flexibility index (Phi) is 7.10. The summed E-state index contributed by atoms with van der Waals surface area (Å²) in [5.74, 6) is -3.72. The first-order valence-electron chi connectivity index (χ1n) is 9.28. The zero-order valence-electron chi connectivity index (χ0n) is 17.5. The lowest BCUT2D eigenvalue weighted by molar-refractivity contribution is -0.137. The Labute approximate surface area is 174 Å². The number of halogens is 1. The number of aryl methyl sites for hydroxylation is 2. The Hall–Kier alpha value is -3.49. The second-order valence-electron chi connectivity index (χ2n) is 7.05. The minimum atomic E-state index is -0.914. The molecule has 2 aromatic rings. The molecule has 0 atom stereocenters. The average Bonchev–Trinajstić information content (AvgIpc) is 2.70. The van der Waals surface area contributed by atoms with Crippen molar-refractivity contribution in [3.8, 4) is 5.75 Å². The van der Waals surface area contributed by atoms with E-state index in [9.17, 15) is 23.6 Å². The second kappa shape index (κ2) is 9.34. The molecule has 0 aliphatic heterocycles. The van der Waals surface area contributed by atoms with Gasteiger partial charge in [-0.25, -0.2) is 4.39 Å². The first-order valence-corrected chi connectivity index (χ1v) is 9.28. The molecule has 0 saturated heterocycles. The molecule has 1 aromatic carbocycles. The van der Waals surface area contributed by atoms with Crippen LogP contribution in [0, 0.1) is 18.7 Å². The van der Waals surface area contributed by atoms with Gasteiger partial charge >= 0.3 is 5.97 Å². The molecule has 0 aliphatic carbocycles. The van der Waals surface area contributed by atoms with E-state index in [4.69, 9.17) is 4.74 Å². The largest absolute Gasteiger partial charge is 0.420 e. The summed E-state index contributed by atoms with van der Waals surface area (Å²) >= 11 is 0. The predicted octanol–water partition coefficient (Wildman–Crippen LogP) is 1.93. The predicted molar refractivity (Wildman–Crippen MR) is 110 cm³/mol. The number of nitrogens with one attached hydrogen (secondary N) is 2. The molecule has 162 valence electrons. The summed E-state index contributed by atoms with van der Waals surface area (Å²) in [5.41, 5.74) is -0.769. The number of amides is 2. The van der Waals surface area contributed by atoms with Crippen LogP contribution < -0.4 is 20.8 Å². The van der Waals surface area contributed by atoms with Crippen molar-refractivity contribution < 1.29 is 24.9 Å². The van der Waals surface area contributed by atoms with E-state index in [1.165, 1.54) is 30.9 Å². The number of benzene rings is 1. The third-order valence-corrected chi connectivity index (χ3v) is 4.41. The van der Waals surface area contributed by atoms with Crippen LogP contribution in [0.4, 0.5) is 4.39 Å². The molecule has 0 radical (unpaired) electrons. The zero-order valence-corrected chi connectivity index (χ0v) is 17.5. The first-order chi connectivity index (χ1) is 14.1. The second-order valence-corrected chi connectivity index (χ2v) is 7.05. The highest BCUT2D eigenvalue weighted by Crippen LogP contribution is 2.17. The standard InChI is InChI=1S/C21H24FN3O5.H2/c1-11(2)21(29)30-18-16(20(28)23-4)25(5)10-14(17(18)26)19(27)24-9-13-8-6-7-12(3)15(13)22;/h6-8,10-11H,9H2,1-5H3,(H,23,28)(H,24,27);1H. The molecule has 0 unspecified atom stereocenters. The smallest absolute Gasteiger partial charge is 0.313 e. The Morgan fingerprint density at radius 3 is 2.50 bits per heavy atom. The number of pyridine rings is 1. The van der Waals surface area contributed by atoms with Crippen molar-refractivity contribution in [3.63, 3.8) is 0 Å². The number of carbonyl (C=O) groups is 3. The molecule has 2 rings (SSSR count). The van der Waals surface area contributed by atoms with Crippen LogP contribution in [0.2, 0.25) is 0 Å². The van der Waals surface area contributed by atoms with E-state index in [2.05, 4.69) is 10.6 Å². The molecule has 2 N–H and O–H groups in total. The van der Waals surface area contributed by atoms with E-state index in [0.29, 0.717) is 5.56 Å². The summed E-state index contributed by atoms with van der Waals surface area (Å²) in [5, 5.41) is 4.85. The van der Waals surface area contributed by atoms with Gasteiger partial charge in [-0.05, 0) is 12.5 Å². The Morgan fingerprint density at radius 1 is 1.23 bits per heavy atom. The van der Waals surface area contributed by atoms with E-state index in [0.717, 1.165) is 0 Å². The van der Waals surface area contributed by atoms with Crippen molar-refractivity contribution in [2.24, 2.45) is 13.0 Å². The molecule has 2 amide bonds. The summed E-state index contributed by atoms with van der Waals surface area (Å²) in [6.07, 6.45) is 1.17. The number of hydrogen-bond donors (Lipinski definition) is 2. The minimum Gasteiger partial charge on any atom is -0.420 e. The van der Waals surface area contributed by atoms with E-state index in [1.807, 2.05) is 0 Å². The quantitative estimate of drug-likeness (QED) is 0.696. The van der Waals surface area contributed by atoms with Gasteiger partial charge in [0.25, 0.3) is 11.8 Å². The van der Waals surface area contributed by atoms with Gasteiger partial charge in [0, 0.05) is 33.8 Å². The van der Waals surface area contributed by atoms with E-state index in [1.54, 1.807) is 32.9 Å². The molecule has 1 aromatic heterocycles. The number of rotatable bonds is 6. The zero-order chi connectivity index (χ0) is 22.6. The van der Waals surface area contributed by atoms with Gasteiger partial charge in [-0.3, -0.25) is 19.2 Å². The fourth-order valence-corrected chi connectivity index (χ4v) is 2.68. The Balaban J connectivity index is 0.00000480. The van der Waals surface area contributed by atoms with Crippen molar-refractivity contribution in [2.45, 2.75) is 27.3 Å². The van der Waals surface area contributed by atoms with Crippen LogP contribution in [0.15, 0.2) is 29.2 Å². The number of hydrogen-bond acceptors (Lipinski definition) is 5. The number of esters is 1. The Morgan fingerprint density at radius 2 is 1.90 bits per heavy atom. The highest BCUT2D eigenvalue weighted by Gasteiger charge is 2.26. The normalized spacial score (nSPS) is 10.6.